The Balaban J connectivity index is 1.99. The first-order valence-corrected chi connectivity index (χ1v) is 6.87. The summed E-state index contributed by atoms with van der Waals surface area (Å²) in [4.78, 5) is 11.2. The number of halogens is 1. The van der Waals surface area contributed by atoms with Crippen LogP contribution in [0.5, 0.6) is 0 Å². The molecule has 0 saturated heterocycles. The van der Waals surface area contributed by atoms with Gasteiger partial charge >= 0.3 is 0 Å². The van der Waals surface area contributed by atoms with E-state index in [9.17, 15) is 4.79 Å². The molecule has 0 aliphatic heterocycles. The number of hydrogen-bond donors (Lipinski definition) is 0. The Kier molecular flexibility index (Phi) is 3.15. The Morgan fingerprint density at radius 1 is 1.37 bits per heavy atom. The minimum absolute atomic E-state index is 0.361. The number of aromatic nitrogens is 2. The van der Waals surface area contributed by atoms with Crippen LogP contribution in [0.4, 0.5) is 0 Å². The second-order valence-corrected chi connectivity index (χ2v) is 5.55. The van der Waals surface area contributed by atoms with Gasteiger partial charge in [0.25, 0.3) is 0 Å². The molecule has 1 fully saturated rings. The van der Waals surface area contributed by atoms with Gasteiger partial charge in [0.05, 0.1) is 11.6 Å². The molecule has 1 heterocycles. The first-order valence-electron chi connectivity index (χ1n) is 6.49. The average Bonchev–Trinajstić information content (AvgIpc) is 3.18. The topological polar surface area (TPSA) is 34.9 Å². The summed E-state index contributed by atoms with van der Waals surface area (Å²) >= 11 is 5.88. The summed E-state index contributed by atoms with van der Waals surface area (Å²) in [5.41, 5.74) is 2.29. The van der Waals surface area contributed by atoms with Crippen LogP contribution in [-0.4, -0.2) is 16.1 Å². The molecule has 98 valence electrons. The molecular formula is C15H15ClN2O. The lowest BCUT2D eigenvalue weighted by Gasteiger charge is -2.09. The van der Waals surface area contributed by atoms with Gasteiger partial charge in [-0.3, -0.25) is 9.48 Å². The molecule has 1 aliphatic carbocycles. The van der Waals surface area contributed by atoms with E-state index in [1.807, 2.05) is 35.1 Å². The number of aldehydes is 1. The average molecular weight is 275 g/mol. The summed E-state index contributed by atoms with van der Waals surface area (Å²) in [5.74, 6) is 0.706. The van der Waals surface area contributed by atoms with E-state index >= 15 is 0 Å². The maximum Gasteiger partial charge on any atom is 0.153 e. The van der Waals surface area contributed by atoms with E-state index in [2.05, 4.69) is 12.0 Å². The fourth-order valence-electron chi connectivity index (χ4n) is 2.33. The summed E-state index contributed by atoms with van der Waals surface area (Å²) < 4.78 is 1.92. The van der Waals surface area contributed by atoms with Crippen molar-refractivity contribution in [3.8, 4) is 11.3 Å². The molecule has 3 rings (SSSR count). The van der Waals surface area contributed by atoms with Crippen molar-refractivity contribution in [3.05, 3.63) is 41.0 Å². The van der Waals surface area contributed by atoms with Crippen LogP contribution in [0.3, 0.4) is 0 Å². The monoisotopic (exact) mass is 274 g/mol. The first kappa shape index (κ1) is 12.4. The van der Waals surface area contributed by atoms with E-state index in [1.165, 1.54) is 12.8 Å². The molecule has 0 amide bonds. The maximum atomic E-state index is 11.2. The van der Waals surface area contributed by atoms with Gasteiger partial charge in [-0.2, -0.15) is 5.10 Å². The molecule has 0 bridgehead atoms. The fourth-order valence-corrected chi connectivity index (χ4v) is 2.45. The van der Waals surface area contributed by atoms with Crippen LogP contribution in [0.1, 0.15) is 36.2 Å². The van der Waals surface area contributed by atoms with Crippen LogP contribution < -0.4 is 0 Å². The van der Waals surface area contributed by atoms with Gasteiger partial charge in [-0.05, 0) is 37.8 Å². The summed E-state index contributed by atoms with van der Waals surface area (Å²) in [6, 6.07) is 7.77. The van der Waals surface area contributed by atoms with Crippen LogP contribution >= 0.6 is 11.6 Å². The van der Waals surface area contributed by atoms with Gasteiger partial charge in [-0.25, -0.2) is 0 Å². The summed E-state index contributed by atoms with van der Waals surface area (Å²) in [6.45, 7) is 2.16. The molecule has 2 aromatic rings. The van der Waals surface area contributed by atoms with Gasteiger partial charge in [-0.1, -0.05) is 23.7 Å². The summed E-state index contributed by atoms with van der Waals surface area (Å²) in [6.07, 6.45) is 5.23. The van der Waals surface area contributed by atoms with Crippen LogP contribution in [-0.2, 0) is 0 Å². The third-order valence-corrected chi connectivity index (χ3v) is 3.98. The third-order valence-electron chi connectivity index (χ3n) is 3.73. The Hall–Kier alpha value is -1.61. The third kappa shape index (κ3) is 2.43. The van der Waals surface area contributed by atoms with Crippen molar-refractivity contribution in [3.63, 3.8) is 0 Å². The first-order chi connectivity index (χ1) is 9.19. The lowest BCUT2D eigenvalue weighted by Crippen LogP contribution is -2.07. The molecule has 0 radical (unpaired) electrons. The summed E-state index contributed by atoms with van der Waals surface area (Å²) in [7, 11) is 0. The molecule has 19 heavy (non-hydrogen) atoms. The standard InChI is InChI=1S/C15H15ClN2O/c1-10(11-2-3-11)18-8-13(9-19)15(17-18)12-4-6-14(16)7-5-12/h4-11H,2-3H2,1H3. The number of rotatable bonds is 4. The molecule has 1 saturated carbocycles. The van der Waals surface area contributed by atoms with E-state index in [1.54, 1.807) is 0 Å². The molecular weight excluding hydrogens is 260 g/mol. The quantitative estimate of drug-likeness (QED) is 0.790. The number of benzene rings is 1. The van der Waals surface area contributed by atoms with E-state index < -0.39 is 0 Å². The largest absolute Gasteiger partial charge is 0.298 e. The fraction of sp³-hybridized carbons (Fsp3) is 0.333. The van der Waals surface area contributed by atoms with Gasteiger partial charge in [0.2, 0.25) is 0 Å². The van der Waals surface area contributed by atoms with Crippen LogP contribution in [0, 0.1) is 5.92 Å². The predicted molar refractivity (Wildman–Crippen MR) is 75.5 cm³/mol. The van der Waals surface area contributed by atoms with E-state index in [4.69, 9.17) is 11.6 Å². The van der Waals surface area contributed by atoms with Crippen molar-refractivity contribution >= 4 is 17.9 Å². The molecule has 1 aliphatic rings. The van der Waals surface area contributed by atoms with Crippen LogP contribution in [0.2, 0.25) is 5.02 Å². The molecule has 3 nitrogen and oxygen atoms in total. The van der Waals surface area contributed by atoms with Crippen molar-refractivity contribution in [1.82, 2.24) is 9.78 Å². The number of hydrogen-bond acceptors (Lipinski definition) is 2. The SMILES string of the molecule is CC(C1CC1)n1cc(C=O)c(-c2ccc(Cl)cc2)n1. The molecule has 1 atom stereocenters. The van der Waals surface area contributed by atoms with Crippen LogP contribution in [0.15, 0.2) is 30.5 Å². The lowest BCUT2D eigenvalue weighted by molar-refractivity contribution is 0.112. The van der Waals surface area contributed by atoms with Gasteiger partial charge in [0.15, 0.2) is 6.29 Å². The molecule has 1 aromatic carbocycles. The zero-order chi connectivity index (χ0) is 13.4. The second kappa shape index (κ2) is 4.82. The Labute approximate surface area is 117 Å². The lowest BCUT2D eigenvalue weighted by atomic mass is 10.1. The second-order valence-electron chi connectivity index (χ2n) is 5.12. The van der Waals surface area contributed by atoms with E-state index in [0.29, 0.717) is 22.5 Å². The highest BCUT2D eigenvalue weighted by Gasteiger charge is 2.30. The molecule has 1 unspecified atom stereocenters. The zero-order valence-corrected chi connectivity index (χ0v) is 11.5. The highest BCUT2D eigenvalue weighted by Crippen LogP contribution is 2.39. The van der Waals surface area contributed by atoms with Crippen molar-refractivity contribution in [2.75, 3.05) is 0 Å². The van der Waals surface area contributed by atoms with E-state index in [0.717, 1.165) is 17.5 Å². The number of carbonyl (C=O) groups is 1. The Bertz CT molecular complexity index is 599. The number of nitrogens with zero attached hydrogens (tertiary/aromatic N) is 2. The van der Waals surface area contributed by atoms with Crippen molar-refractivity contribution in [2.45, 2.75) is 25.8 Å². The minimum Gasteiger partial charge on any atom is -0.298 e. The summed E-state index contributed by atoms with van der Waals surface area (Å²) in [5, 5.41) is 5.27. The number of carbonyl (C=O) groups excluding carboxylic acids is 1. The van der Waals surface area contributed by atoms with Crippen molar-refractivity contribution < 1.29 is 4.79 Å². The zero-order valence-electron chi connectivity index (χ0n) is 10.7. The normalized spacial score (nSPS) is 16.3. The molecule has 0 N–H and O–H groups in total. The van der Waals surface area contributed by atoms with Gasteiger partial charge in [0.1, 0.15) is 5.69 Å². The predicted octanol–water partition coefficient (Wildman–Crippen LogP) is 3.99. The van der Waals surface area contributed by atoms with Crippen molar-refractivity contribution in [1.29, 1.82) is 0 Å². The van der Waals surface area contributed by atoms with Crippen LogP contribution in [0.25, 0.3) is 11.3 Å². The Morgan fingerprint density at radius 2 is 2.05 bits per heavy atom. The molecule has 0 spiro atoms. The maximum absolute atomic E-state index is 11.2. The highest BCUT2D eigenvalue weighted by atomic mass is 35.5. The van der Waals surface area contributed by atoms with Gasteiger partial charge < -0.3 is 0 Å². The smallest absolute Gasteiger partial charge is 0.153 e. The van der Waals surface area contributed by atoms with Gasteiger partial charge in [0, 0.05) is 16.8 Å². The minimum atomic E-state index is 0.361. The Morgan fingerprint density at radius 3 is 2.63 bits per heavy atom. The van der Waals surface area contributed by atoms with Gasteiger partial charge in [-0.15, -0.1) is 0 Å². The molecule has 4 heteroatoms. The molecule has 1 aromatic heterocycles. The highest BCUT2D eigenvalue weighted by molar-refractivity contribution is 6.30. The van der Waals surface area contributed by atoms with Crippen molar-refractivity contribution in [2.24, 2.45) is 5.92 Å². The van der Waals surface area contributed by atoms with E-state index in [-0.39, 0.29) is 0 Å².